The number of methoxy groups -OCH3 is 1. The van der Waals surface area contributed by atoms with Gasteiger partial charge in [0, 0.05) is 17.4 Å². The molecule has 0 unspecified atom stereocenters. The Morgan fingerprint density at radius 3 is 2.79 bits per heavy atom. The molecule has 1 aromatic carbocycles. The highest BCUT2D eigenvalue weighted by atomic mass is 79.9. The molecule has 2 aromatic rings. The van der Waals surface area contributed by atoms with E-state index in [-0.39, 0.29) is 0 Å². The third kappa shape index (κ3) is 3.04. The first-order valence-electron chi connectivity index (χ1n) is 5.62. The largest absolute Gasteiger partial charge is 0.495 e. The van der Waals surface area contributed by atoms with Crippen LogP contribution in [0.25, 0.3) is 0 Å². The predicted octanol–water partition coefficient (Wildman–Crippen LogP) is 3.78. The van der Waals surface area contributed by atoms with Crippen LogP contribution in [-0.4, -0.2) is 12.1 Å². The summed E-state index contributed by atoms with van der Waals surface area (Å²) < 4.78 is 6.10. The minimum absolute atomic E-state index is 0.507. The molecular weight excluding hydrogens is 306 g/mol. The Kier molecular flexibility index (Phi) is 4.03. The van der Waals surface area contributed by atoms with Gasteiger partial charge in [0.05, 0.1) is 17.1 Å². The third-order valence-electron chi connectivity index (χ3n) is 2.57. The first kappa shape index (κ1) is 13.4. The zero-order chi connectivity index (χ0) is 13.8. The van der Waals surface area contributed by atoms with Crippen molar-refractivity contribution in [2.75, 3.05) is 12.4 Å². The summed E-state index contributed by atoms with van der Waals surface area (Å²) >= 11 is 3.40. The van der Waals surface area contributed by atoms with Crippen LogP contribution in [0.2, 0.25) is 0 Å². The Balaban J connectivity index is 2.36. The zero-order valence-corrected chi connectivity index (χ0v) is 12.2. The molecule has 0 spiro atoms. The SMILES string of the molecule is COc1cc(Nc2nc(C)ccc2C#N)ccc1Br. The maximum Gasteiger partial charge on any atom is 0.148 e. The number of benzene rings is 1. The van der Waals surface area contributed by atoms with Gasteiger partial charge >= 0.3 is 0 Å². The van der Waals surface area contributed by atoms with E-state index in [0.717, 1.165) is 21.6 Å². The standard InChI is InChI=1S/C14H12BrN3O/c1-9-3-4-10(8-16)14(17-9)18-11-5-6-12(15)13(7-11)19-2/h3-7H,1-2H3,(H,17,18). The number of nitriles is 1. The molecule has 96 valence electrons. The molecule has 2 rings (SSSR count). The average molecular weight is 318 g/mol. The van der Waals surface area contributed by atoms with Crippen LogP contribution in [0.5, 0.6) is 5.75 Å². The van der Waals surface area contributed by atoms with Crippen LogP contribution in [0.4, 0.5) is 11.5 Å². The molecule has 0 radical (unpaired) electrons. The van der Waals surface area contributed by atoms with Crippen molar-refractivity contribution in [3.05, 3.63) is 46.1 Å². The number of nitrogens with one attached hydrogen (secondary N) is 1. The number of rotatable bonds is 3. The monoisotopic (exact) mass is 317 g/mol. The zero-order valence-electron chi connectivity index (χ0n) is 10.6. The van der Waals surface area contributed by atoms with Gasteiger partial charge in [-0.1, -0.05) is 0 Å². The topological polar surface area (TPSA) is 57.9 Å². The number of halogens is 1. The van der Waals surface area contributed by atoms with Crippen molar-refractivity contribution in [2.45, 2.75) is 6.92 Å². The molecule has 0 saturated carbocycles. The molecule has 0 aliphatic rings. The fraction of sp³-hybridized carbons (Fsp3) is 0.143. The molecule has 0 amide bonds. The predicted molar refractivity (Wildman–Crippen MR) is 77.7 cm³/mol. The Bertz CT molecular complexity index is 650. The minimum atomic E-state index is 0.507. The summed E-state index contributed by atoms with van der Waals surface area (Å²) in [5.41, 5.74) is 2.17. The molecule has 1 heterocycles. The van der Waals surface area contributed by atoms with Gasteiger partial charge < -0.3 is 10.1 Å². The highest BCUT2D eigenvalue weighted by Crippen LogP contribution is 2.29. The van der Waals surface area contributed by atoms with Crippen molar-refractivity contribution in [1.82, 2.24) is 4.98 Å². The highest BCUT2D eigenvalue weighted by molar-refractivity contribution is 9.10. The minimum Gasteiger partial charge on any atom is -0.495 e. The van der Waals surface area contributed by atoms with Gasteiger partial charge in [0.1, 0.15) is 17.6 Å². The van der Waals surface area contributed by atoms with E-state index < -0.39 is 0 Å². The van der Waals surface area contributed by atoms with Gasteiger partial charge in [-0.25, -0.2) is 4.98 Å². The van der Waals surface area contributed by atoms with E-state index in [1.54, 1.807) is 13.2 Å². The molecule has 1 aromatic heterocycles. The number of ether oxygens (including phenoxy) is 1. The summed E-state index contributed by atoms with van der Waals surface area (Å²) in [5, 5.41) is 12.2. The van der Waals surface area contributed by atoms with Gasteiger partial charge in [-0.15, -0.1) is 0 Å². The van der Waals surface area contributed by atoms with Crippen LogP contribution < -0.4 is 10.1 Å². The molecule has 19 heavy (non-hydrogen) atoms. The molecule has 0 saturated heterocycles. The quantitative estimate of drug-likeness (QED) is 0.936. The molecule has 0 aliphatic carbocycles. The highest BCUT2D eigenvalue weighted by Gasteiger charge is 2.06. The Labute approximate surface area is 120 Å². The van der Waals surface area contributed by atoms with Crippen LogP contribution >= 0.6 is 15.9 Å². The lowest BCUT2D eigenvalue weighted by Gasteiger charge is -2.10. The Morgan fingerprint density at radius 2 is 2.11 bits per heavy atom. The van der Waals surface area contributed by atoms with E-state index in [1.807, 2.05) is 31.2 Å². The van der Waals surface area contributed by atoms with Crippen LogP contribution in [0, 0.1) is 18.3 Å². The summed E-state index contributed by atoms with van der Waals surface area (Å²) in [7, 11) is 1.61. The molecule has 0 atom stereocenters. The number of hydrogen-bond acceptors (Lipinski definition) is 4. The van der Waals surface area contributed by atoms with Gasteiger partial charge in [0.15, 0.2) is 0 Å². The number of aromatic nitrogens is 1. The number of pyridine rings is 1. The van der Waals surface area contributed by atoms with Crippen molar-refractivity contribution in [3.8, 4) is 11.8 Å². The summed E-state index contributed by atoms with van der Waals surface area (Å²) in [6.45, 7) is 1.88. The lowest BCUT2D eigenvalue weighted by molar-refractivity contribution is 0.412. The van der Waals surface area contributed by atoms with E-state index in [0.29, 0.717) is 11.4 Å². The van der Waals surface area contributed by atoms with Crippen molar-refractivity contribution in [3.63, 3.8) is 0 Å². The second kappa shape index (κ2) is 5.72. The van der Waals surface area contributed by atoms with Gasteiger partial charge in [-0.2, -0.15) is 5.26 Å². The van der Waals surface area contributed by atoms with Gasteiger partial charge in [-0.3, -0.25) is 0 Å². The summed E-state index contributed by atoms with van der Waals surface area (Å²) in [4.78, 5) is 4.33. The smallest absolute Gasteiger partial charge is 0.148 e. The van der Waals surface area contributed by atoms with Gasteiger partial charge in [0.25, 0.3) is 0 Å². The van der Waals surface area contributed by atoms with E-state index in [1.165, 1.54) is 0 Å². The van der Waals surface area contributed by atoms with Crippen LogP contribution in [0.15, 0.2) is 34.8 Å². The second-order valence-electron chi connectivity index (χ2n) is 3.93. The molecule has 0 fully saturated rings. The molecular formula is C14H12BrN3O. The first-order valence-corrected chi connectivity index (χ1v) is 6.41. The van der Waals surface area contributed by atoms with Crippen LogP contribution in [-0.2, 0) is 0 Å². The van der Waals surface area contributed by atoms with Crippen molar-refractivity contribution in [1.29, 1.82) is 5.26 Å². The number of hydrogen-bond donors (Lipinski definition) is 1. The third-order valence-corrected chi connectivity index (χ3v) is 3.22. The van der Waals surface area contributed by atoms with Crippen LogP contribution in [0.1, 0.15) is 11.3 Å². The summed E-state index contributed by atoms with van der Waals surface area (Å²) in [5.74, 6) is 1.27. The van der Waals surface area contributed by atoms with Crippen molar-refractivity contribution in [2.24, 2.45) is 0 Å². The Hall–Kier alpha value is -2.06. The van der Waals surface area contributed by atoms with E-state index in [9.17, 15) is 0 Å². The van der Waals surface area contributed by atoms with E-state index in [4.69, 9.17) is 10.00 Å². The fourth-order valence-corrected chi connectivity index (χ4v) is 2.02. The Morgan fingerprint density at radius 1 is 1.32 bits per heavy atom. The number of nitrogens with zero attached hydrogens (tertiary/aromatic N) is 2. The molecule has 1 N–H and O–H groups in total. The van der Waals surface area contributed by atoms with Gasteiger partial charge in [-0.05, 0) is 47.1 Å². The number of aryl methyl sites for hydroxylation is 1. The van der Waals surface area contributed by atoms with Crippen molar-refractivity contribution < 1.29 is 4.74 Å². The second-order valence-corrected chi connectivity index (χ2v) is 4.79. The number of anilines is 2. The molecule has 5 heteroatoms. The van der Waals surface area contributed by atoms with Crippen LogP contribution in [0.3, 0.4) is 0 Å². The molecule has 0 aliphatic heterocycles. The average Bonchev–Trinajstić information content (AvgIpc) is 2.41. The van der Waals surface area contributed by atoms with E-state index >= 15 is 0 Å². The molecule has 4 nitrogen and oxygen atoms in total. The summed E-state index contributed by atoms with van der Waals surface area (Å²) in [6.07, 6.45) is 0. The van der Waals surface area contributed by atoms with Gasteiger partial charge in [0.2, 0.25) is 0 Å². The first-order chi connectivity index (χ1) is 9.13. The lowest BCUT2D eigenvalue weighted by atomic mass is 10.2. The normalized spacial score (nSPS) is 9.79. The maximum atomic E-state index is 9.07. The van der Waals surface area contributed by atoms with E-state index in [2.05, 4.69) is 32.3 Å². The fourth-order valence-electron chi connectivity index (χ4n) is 1.62. The molecule has 0 bridgehead atoms. The lowest BCUT2D eigenvalue weighted by Crippen LogP contribution is -1.98. The van der Waals surface area contributed by atoms with Crippen molar-refractivity contribution >= 4 is 27.4 Å². The maximum absolute atomic E-state index is 9.07. The summed E-state index contributed by atoms with van der Waals surface area (Å²) in [6, 6.07) is 11.3.